The summed E-state index contributed by atoms with van der Waals surface area (Å²) >= 11 is 0. The van der Waals surface area contributed by atoms with Crippen LogP contribution in [0.5, 0.6) is 0 Å². The van der Waals surface area contributed by atoms with Gasteiger partial charge in [0.05, 0.1) is 0 Å². The van der Waals surface area contributed by atoms with Crippen molar-refractivity contribution >= 4 is 11.9 Å². The minimum Gasteiger partial charge on any atom is -0.481 e. The van der Waals surface area contributed by atoms with Crippen LogP contribution in [0.1, 0.15) is 12.8 Å². The Morgan fingerprint density at radius 3 is 2.33 bits per heavy atom. The largest absolute Gasteiger partial charge is 0.481 e. The van der Waals surface area contributed by atoms with Crippen molar-refractivity contribution in [2.75, 3.05) is 27.2 Å². The summed E-state index contributed by atoms with van der Waals surface area (Å²) in [6.07, 6.45) is -0.0238. The molecule has 88 valence electrons. The lowest BCUT2D eigenvalue weighted by Gasteiger charge is -2.15. The summed E-state index contributed by atoms with van der Waals surface area (Å²) in [4.78, 5) is 22.9. The number of aliphatic carboxylic acids is 2. The molecule has 0 aliphatic rings. The zero-order valence-corrected chi connectivity index (χ0v) is 9.06. The topological polar surface area (TPSA) is 89.9 Å². The zero-order valence-electron chi connectivity index (χ0n) is 9.06. The van der Waals surface area contributed by atoms with Crippen molar-refractivity contribution < 1.29 is 19.8 Å². The first-order valence-electron chi connectivity index (χ1n) is 4.76. The molecule has 0 aliphatic carbocycles. The fraction of sp³-hybridized carbons (Fsp3) is 0.778. The molecule has 0 amide bonds. The minimum atomic E-state index is -1.00. The number of carbonyl (C=O) groups is 2. The molecule has 6 heteroatoms. The third-order valence-electron chi connectivity index (χ3n) is 1.89. The van der Waals surface area contributed by atoms with Gasteiger partial charge in [-0.2, -0.15) is 0 Å². The molecule has 0 spiro atoms. The monoisotopic (exact) mass is 218 g/mol. The number of hydrogen-bond acceptors (Lipinski definition) is 4. The molecule has 0 radical (unpaired) electrons. The molecule has 0 aromatic rings. The molecule has 6 nitrogen and oxygen atoms in total. The van der Waals surface area contributed by atoms with E-state index in [9.17, 15) is 9.59 Å². The summed E-state index contributed by atoms with van der Waals surface area (Å²) in [5, 5.41) is 20.0. The van der Waals surface area contributed by atoms with Crippen LogP contribution in [0.4, 0.5) is 0 Å². The predicted octanol–water partition coefficient (Wildman–Crippen LogP) is -0.544. The fourth-order valence-electron chi connectivity index (χ4n) is 1.04. The van der Waals surface area contributed by atoms with Gasteiger partial charge in [0.1, 0.15) is 6.04 Å². The Morgan fingerprint density at radius 2 is 1.93 bits per heavy atom. The number of nitrogens with zero attached hydrogens (tertiary/aromatic N) is 1. The summed E-state index contributed by atoms with van der Waals surface area (Å²) < 4.78 is 0. The van der Waals surface area contributed by atoms with E-state index in [1.807, 2.05) is 19.0 Å². The molecular formula is C9H18N2O4. The maximum atomic E-state index is 10.7. The lowest BCUT2D eigenvalue weighted by Crippen LogP contribution is -2.40. The quantitative estimate of drug-likeness (QED) is 0.507. The van der Waals surface area contributed by atoms with Gasteiger partial charge in [-0.3, -0.25) is 9.59 Å². The Kier molecular flexibility index (Phi) is 6.64. The second-order valence-corrected chi connectivity index (χ2v) is 3.58. The first-order valence-corrected chi connectivity index (χ1v) is 4.76. The van der Waals surface area contributed by atoms with Gasteiger partial charge in [0.2, 0.25) is 0 Å². The van der Waals surface area contributed by atoms with Crippen LogP contribution < -0.4 is 5.32 Å². The lowest BCUT2D eigenvalue weighted by molar-refractivity contribution is -0.140. The fourth-order valence-corrected chi connectivity index (χ4v) is 1.04. The van der Waals surface area contributed by atoms with E-state index in [1.165, 1.54) is 0 Å². The molecular weight excluding hydrogens is 200 g/mol. The summed E-state index contributed by atoms with van der Waals surface area (Å²) in [5.41, 5.74) is 0. The van der Waals surface area contributed by atoms with Crippen molar-refractivity contribution in [3.8, 4) is 0 Å². The molecule has 0 saturated carbocycles. The normalized spacial score (nSPS) is 12.7. The predicted molar refractivity (Wildman–Crippen MR) is 54.9 cm³/mol. The SMILES string of the molecule is CN(C)CCN[C@@H](CCC(=O)O)C(=O)O. The smallest absolute Gasteiger partial charge is 0.320 e. The number of nitrogens with one attached hydrogen (secondary N) is 1. The zero-order chi connectivity index (χ0) is 11.8. The molecule has 0 aromatic heterocycles. The Hall–Kier alpha value is -1.14. The van der Waals surface area contributed by atoms with Crippen molar-refractivity contribution in [3.63, 3.8) is 0 Å². The maximum absolute atomic E-state index is 10.7. The van der Waals surface area contributed by atoms with Crippen LogP contribution in [0.3, 0.4) is 0 Å². The third kappa shape index (κ3) is 7.90. The summed E-state index contributed by atoms with van der Waals surface area (Å²) in [6.45, 7) is 1.25. The average Bonchev–Trinajstić information content (AvgIpc) is 2.09. The third-order valence-corrected chi connectivity index (χ3v) is 1.89. The van der Waals surface area contributed by atoms with Crippen LogP contribution in [0.25, 0.3) is 0 Å². The second kappa shape index (κ2) is 7.19. The number of carboxylic acid groups (broad SMARTS) is 2. The molecule has 1 atom stereocenters. The number of carboxylic acids is 2. The van der Waals surface area contributed by atoms with Crippen molar-refractivity contribution in [2.45, 2.75) is 18.9 Å². The highest BCUT2D eigenvalue weighted by atomic mass is 16.4. The highest BCUT2D eigenvalue weighted by Crippen LogP contribution is 1.97. The van der Waals surface area contributed by atoms with E-state index < -0.39 is 18.0 Å². The van der Waals surface area contributed by atoms with E-state index in [-0.39, 0.29) is 12.8 Å². The van der Waals surface area contributed by atoms with Gasteiger partial charge in [-0.25, -0.2) is 0 Å². The van der Waals surface area contributed by atoms with Gasteiger partial charge >= 0.3 is 11.9 Å². The summed E-state index contributed by atoms with van der Waals surface area (Å²) in [7, 11) is 3.77. The van der Waals surface area contributed by atoms with Gasteiger partial charge in [0.25, 0.3) is 0 Å². The van der Waals surface area contributed by atoms with Crippen LogP contribution in [0, 0.1) is 0 Å². The lowest BCUT2D eigenvalue weighted by atomic mass is 10.1. The van der Waals surface area contributed by atoms with Crippen LogP contribution in [0.15, 0.2) is 0 Å². The molecule has 15 heavy (non-hydrogen) atoms. The van der Waals surface area contributed by atoms with Crippen molar-refractivity contribution in [1.29, 1.82) is 0 Å². The number of rotatable bonds is 8. The van der Waals surface area contributed by atoms with Crippen LogP contribution >= 0.6 is 0 Å². The van der Waals surface area contributed by atoms with Gasteiger partial charge in [0.15, 0.2) is 0 Å². The molecule has 0 bridgehead atoms. The van der Waals surface area contributed by atoms with E-state index >= 15 is 0 Å². The molecule has 0 aromatic carbocycles. The molecule has 0 rings (SSSR count). The van der Waals surface area contributed by atoms with Crippen LogP contribution in [0.2, 0.25) is 0 Å². The van der Waals surface area contributed by atoms with Crippen molar-refractivity contribution in [3.05, 3.63) is 0 Å². The van der Waals surface area contributed by atoms with Crippen molar-refractivity contribution in [2.24, 2.45) is 0 Å². The van der Waals surface area contributed by atoms with Gasteiger partial charge in [0, 0.05) is 19.5 Å². The number of likely N-dealkylation sites (N-methyl/N-ethyl adjacent to an activating group) is 1. The minimum absolute atomic E-state index is 0.109. The molecule has 0 heterocycles. The molecule has 3 N–H and O–H groups in total. The average molecular weight is 218 g/mol. The van der Waals surface area contributed by atoms with Crippen LogP contribution in [-0.4, -0.2) is 60.3 Å². The van der Waals surface area contributed by atoms with E-state index in [1.54, 1.807) is 0 Å². The Bertz CT molecular complexity index is 218. The van der Waals surface area contributed by atoms with Gasteiger partial charge in [-0.15, -0.1) is 0 Å². The van der Waals surface area contributed by atoms with Gasteiger partial charge in [-0.1, -0.05) is 0 Å². The summed E-state index contributed by atoms with van der Waals surface area (Å²) in [6, 6.07) is -0.777. The highest BCUT2D eigenvalue weighted by molar-refractivity contribution is 5.75. The standard InChI is InChI=1S/C9H18N2O4/c1-11(2)6-5-10-7(9(14)15)3-4-8(12)13/h7,10H,3-6H2,1-2H3,(H,12,13)(H,14,15)/t7-/m0/s1. The first-order chi connectivity index (χ1) is 6.93. The van der Waals surface area contributed by atoms with Crippen LogP contribution in [-0.2, 0) is 9.59 Å². The maximum Gasteiger partial charge on any atom is 0.320 e. The van der Waals surface area contributed by atoms with E-state index in [0.29, 0.717) is 6.54 Å². The molecule has 0 fully saturated rings. The van der Waals surface area contributed by atoms with E-state index in [4.69, 9.17) is 10.2 Å². The molecule has 0 unspecified atom stereocenters. The molecule has 0 saturated heterocycles. The Labute approximate surface area is 88.9 Å². The Balaban J connectivity index is 3.84. The van der Waals surface area contributed by atoms with E-state index in [0.717, 1.165) is 6.54 Å². The van der Waals surface area contributed by atoms with Gasteiger partial charge in [-0.05, 0) is 20.5 Å². The first kappa shape index (κ1) is 13.9. The molecule has 0 aliphatic heterocycles. The van der Waals surface area contributed by atoms with E-state index in [2.05, 4.69) is 5.32 Å². The van der Waals surface area contributed by atoms with Gasteiger partial charge < -0.3 is 20.4 Å². The second-order valence-electron chi connectivity index (χ2n) is 3.58. The Morgan fingerprint density at radius 1 is 1.33 bits per heavy atom. The summed E-state index contributed by atoms with van der Waals surface area (Å²) in [5.74, 6) is -1.98. The van der Waals surface area contributed by atoms with Crippen molar-refractivity contribution in [1.82, 2.24) is 10.2 Å². The number of hydrogen-bond donors (Lipinski definition) is 3. The highest BCUT2D eigenvalue weighted by Gasteiger charge is 2.17.